The largest absolute Gasteiger partial charge is 0.497 e. The first-order valence-electron chi connectivity index (χ1n) is 7.25. The van der Waals surface area contributed by atoms with Gasteiger partial charge in [0.15, 0.2) is 0 Å². The van der Waals surface area contributed by atoms with Gasteiger partial charge in [-0.3, -0.25) is 5.10 Å². The van der Waals surface area contributed by atoms with Crippen LogP contribution in [0.5, 0.6) is 11.5 Å². The van der Waals surface area contributed by atoms with Crippen LogP contribution in [0.25, 0.3) is 11.3 Å². The minimum atomic E-state index is -4.46. The Bertz CT molecular complexity index is 651. The maximum atomic E-state index is 12.7. The van der Waals surface area contributed by atoms with Crippen molar-refractivity contribution in [3.05, 3.63) is 30.0 Å². The summed E-state index contributed by atoms with van der Waals surface area (Å²) in [5, 5.41) is 5.76. The van der Waals surface area contributed by atoms with Crippen LogP contribution in [0.2, 0.25) is 0 Å². The van der Waals surface area contributed by atoms with Gasteiger partial charge in [-0.05, 0) is 30.5 Å². The molecule has 2 aromatic rings. The highest BCUT2D eigenvalue weighted by Crippen LogP contribution is 2.35. The second-order valence-corrected chi connectivity index (χ2v) is 5.56. The molecule has 0 saturated carbocycles. The van der Waals surface area contributed by atoms with Crippen molar-refractivity contribution in [2.75, 3.05) is 13.7 Å². The fraction of sp³-hybridized carbons (Fsp3) is 0.438. The van der Waals surface area contributed by atoms with Crippen LogP contribution < -0.4 is 9.47 Å². The number of nitrogens with zero attached hydrogens (tertiary/aromatic N) is 1. The third-order valence-corrected chi connectivity index (χ3v) is 3.30. The molecule has 2 rings (SSSR count). The molecular weight excluding hydrogens is 309 g/mol. The number of aromatic amines is 1. The molecule has 7 heteroatoms. The number of rotatable bonds is 6. The summed E-state index contributed by atoms with van der Waals surface area (Å²) in [5.74, 6) is 1.48. The van der Waals surface area contributed by atoms with Gasteiger partial charge in [0.1, 0.15) is 17.2 Å². The van der Waals surface area contributed by atoms with Crippen LogP contribution in [0.4, 0.5) is 13.2 Å². The van der Waals surface area contributed by atoms with Gasteiger partial charge in [-0.1, -0.05) is 13.8 Å². The smallest absolute Gasteiger partial charge is 0.432 e. The van der Waals surface area contributed by atoms with Gasteiger partial charge in [0.25, 0.3) is 0 Å². The lowest BCUT2D eigenvalue weighted by Gasteiger charge is -2.12. The normalized spacial score (nSPS) is 11.8. The molecule has 1 aromatic carbocycles. The molecule has 1 N–H and O–H groups in total. The lowest BCUT2D eigenvalue weighted by atomic mass is 10.1. The first-order valence-corrected chi connectivity index (χ1v) is 7.25. The van der Waals surface area contributed by atoms with Gasteiger partial charge in [-0.2, -0.15) is 18.3 Å². The Hall–Kier alpha value is -2.18. The Morgan fingerprint density at radius 3 is 2.52 bits per heavy atom. The van der Waals surface area contributed by atoms with Gasteiger partial charge in [0.2, 0.25) is 0 Å². The molecule has 0 atom stereocenters. The van der Waals surface area contributed by atoms with Gasteiger partial charge < -0.3 is 9.47 Å². The predicted molar refractivity (Wildman–Crippen MR) is 80.5 cm³/mol. The first-order chi connectivity index (χ1) is 10.8. The molecule has 126 valence electrons. The van der Waals surface area contributed by atoms with Crippen LogP contribution in [0.15, 0.2) is 24.3 Å². The summed E-state index contributed by atoms with van der Waals surface area (Å²) in [6, 6.07) is 5.92. The summed E-state index contributed by atoms with van der Waals surface area (Å²) in [6.45, 7) is 4.60. The second-order valence-electron chi connectivity index (χ2n) is 5.56. The molecule has 0 fully saturated rings. The number of benzene rings is 1. The first kappa shape index (κ1) is 17.2. The molecule has 0 aliphatic heterocycles. The minimum absolute atomic E-state index is 0.180. The predicted octanol–water partition coefficient (Wildman–Crippen LogP) is 4.53. The third kappa shape index (κ3) is 4.40. The number of alkyl halides is 3. The van der Waals surface area contributed by atoms with Crippen molar-refractivity contribution in [3.63, 3.8) is 0 Å². The van der Waals surface area contributed by atoms with Crippen molar-refractivity contribution in [2.45, 2.75) is 26.4 Å². The number of aromatic nitrogens is 2. The Morgan fingerprint density at radius 2 is 1.96 bits per heavy atom. The van der Waals surface area contributed by atoms with Crippen LogP contribution >= 0.6 is 0 Å². The van der Waals surface area contributed by atoms with Gasteiger partial charge in [-0.15, -0.1) is 0 Å². The Morgan fingerprint density at radius 1 is 1.22 bits per heavy atom. The van der Waals surface area contributed by atoms with Gasteiger partial charge in [0.05, 0.1) is 19.4 Å². The fourth-order valence-electron chi connectivity index (χ4n) is 1.97. The van der Waals surface area contributed by atoms with Gasteiger partial charge in [0, 0.05) is 11.6 Å². The summed E-state index contributed by atoms with van der Waals surface area (Å²) in [6.07, 6.45) is -3.62. The van der Waals surface area contributed by atoms with Crippen LogP contribution in [0.3, 0.4) is 0 Å². The number of methoxy groups -OCH3 is 1. The zero-order valence-electron chi connectivity index (χ0n) is 13.2. The minimum Gasteiger partial charge on any atom is -0.497 e. The van der Waals surface area contributed by atoms with Crippen molar-refractivity contribution in [2.24, 2.45) is 5.92 Å². The highest BCUT2D eigenvalue weighted by molar-refractivity contribution is 5.68. The number of nitrogens with one attached hydrogen (secondary N) is 1. The van der Waals surface area contributed by atoms with Crippen molar-refractivity contribution >= 4 is 0 Å². The standard InChI is InChI=1S/C16H19F3N2O2/c1-10(2)6-7-23-14-8-11(22-3)4-5-12(14)13-9-15(21-20-13)16(17,18)19/h4-5,8-10H,6-7H2,1-3H3,(H,20,21). The van der Waals surface area contributed by atoms with E-state index in [0.717, 1.165) is 12.5 Å². The number of hydrogen-bond donors (Lipinski definition) is 1. The van der Waals surface area contributed by atoms with Crippen LogP contribution in [0, 0.1) is 5.92 Å². The van der Waals surface area contributed by atoms with E-state index in [1.165, 1.54) is 7.11 Å². The van der Waals surface area contributed by atoms with Gasteiger partial charge >= 0.3 is 6.18 Å². The average Bonchev–Trinajstić information content (AvgIpc) is 2.96. The van der Waals surface area contributed by atoms with Crippen LogP contribution in [0.1, 0.15) is 26.0 Å². The molecular formula is C16H19F3N2O2. The molecule has 1 heterocycles. The van der Waals surface area contributed by atoms with E-state index in [4.69, 9.17) is 9.47 Å². The summed E-state index contributed by atoms with van der Waals surface area (Å²) in [5.41, 5.74) is -0.225. The molecule has 0 spiro atoms. The third-order valence-electron chi connectivity index (χ3n) is 3.30. The Kier molecular flexibility index (Phi) is 5.18. The highest BCUT2D eigenvalue weighted by atomic mass is 19.4. The number of hydrogen-bond acceptors (Lipinski definition) is 3. The molecule has 0 saturated heterocycles. The molecule has 1 aromatic heterocycles. The summed E-state index contributed by atoms with van der Waals surface area (Å²) < 4.78 is 49.0. The highest BCUT2D eigenvalue weighted by Gasteiger charge is 2.33. The van der Waals surface area contributed by atoms with E-state index in [1.807, 2.05) is 5.10 Å². The van der Waals surface area contributed by atoms with Crippen molar-refractivity contribution < 1.29 is 22.6 Å². The second kappa shape index (κ2) is 6.93. The molecule has 0 aliphatic carbocycles. The maximum absolute atomic E-state index is 12.7. The maximum Gasteiger partial charge on any atom is 0.432 e. The molecule has 0 amide bonds. The van der Waals surface area contributed by atoms with E-state index in [0.29, 0.717) is 29.6 Å². The molecule has 4 nitrogen and oxygen atoms in total. The zero-order valence-corrected chi connectivity index (χ0v) is 13.2. The van der Waals surface area contributed by atoms with Crippen LogP contribution in [-0.2, 0) is 6.18 Å². The average molecular weight is 328 g/mol. The molecule has 0 unspecified atom stereocenters. The molecule has 0 aliphatic rings. The van der Waals surface area contributed by atoms with E-state index in [2.05, 4.69) is 18.9 Å². The molecule has 0 bridgehead atoms. The van der Waals surface area contributed by atoms with E-state index in [-0.39, 0.29) is 5.69 Å². The Balaban J connectivity index is 2.31. The lowest BCUT2D eigenvalue weighted by Crippen LogP contribution is -2.04. The van der Waals surface area contributed by atoms with E-state index >= 15 is 0 Å². The molecule has 0 radical (unpaired) electrons. The quantitative estimate of drug-likeness (QED) is 0.847. The summed E-state index contributed by atoms with van der Waals surface area (Å²) in [4.78, 5) is 0. The summed E-state index contributed by atoms with van der Waals surface area (Å²) >= 11 is 0. The number of halogens is 3. The van der Waals surface area contributed by atoms with E-state index in [1.54, 1.807) is 18.2 Å². The van der Waals surface area contributed by atoms with Crippen molar-refractivity contribution in [1.29, 1.82) is 0 Å². The topological polar surface area (TPSA) is 47.1 Å². The van der Waals surface area contributed by atoms with Crippen molar-refractivity contribution in [1.82, 2.24) is 10.2 Å². The zero-order chi connectivity index (χ0) is 17.0. The number of ether oxygens (including phenoxy) is 2. The fourth-order valence-corrected chi connectivity index (χ4v) is 1.97. The summed E-state index contributed by atoms with van der Waals surface area (Å²) in [7, 11) is 1.52. The number of H-pyrrole nitrogens is 1. The van der Waals surface area contributed by atoms with Crippen molar-refractivity contribution in [3.8, 4) is 22.8 Å². The van der Waals surface area contributed by atoms with E-state index in [9.17, 15) is 13.2 Å². The Labute approximate surface area is 132 Å². The van der Waals surface area contributed by atoms with Crippen LogP contribution in [-0.4, -0.2) is 23.9 Å². The van der Waals surface area contributed by atoms with Gasteiger partial charge in [-0.25, -0.2) is 0 Å². The monoisotopic (exact) mass is 328 g/mol. The molecule has 23 heavy (non-hydrogen) atoms. The van der Waals surface area contributed by atoms with E-state index < -0.39 is 11.9 Å². The lowest BCUT2D eigenvalue weighted by molar-refractivity contribution is -0.141. The SMILES string of the molecule is COc1ccc(-c2cc(C(F)(F)F)[nH]n2)c(OCCC(C)C)c1.